The number of anilines is 1. The minimum atomic E-state index is -0.842. The van der Waals surface area contributed by atoms with Gasteiger partial charge in [0.15, 0.2) is 0 Å². The van der Waals surface area contributed by atoms with Crippen molar-refractivity contribution in [3.05, 3.63) is 73.2 Å². The predicted molar refractivity (Wildman–Crippen MR) is 89.0 cm³/mol. The second-order valence-electron chi connectivity index (χ2n) is 4.74. The molecule has 0 aliphatic rings. The highest BCUT2D eigenvalue weighted by atomic mass is 79.9. The van der Waals surface area contributed by atoms with Crippen LogP contribution in [0.5, 0.6) is 0 Å². The molecule has 1 amide bonds. The van der Waals surface area contributed by atoms with Crippen molar-refractivity contribution >= 4 is 44.3 Å². The zero-order valence-corrected chi connectivity index (χ0v) is 13.4. The Balaban J connectivity index is 1.99. The molecule has 0 radical (unpaired) electrons. The van der Waals surface area contributed by atoms with Crippen LogP contribution in [0.1, 0.15) is 10.4 Å². The standard InChI is InChI=1S/C15H8BrN3O5/c16-9-1-4-13(17-7-9)18-14(20)11-6-8-5-10(19(22)23)2-3-12(8)24-15(11)21/h1-7H,(H,17,18,20). The van der Waals surface area contributed by atoms with Crippen molar-refractivity contribution in [3.8, 4) is 0 Å². The van der Waals surface area contributed by atoms with Crippen LogP contribution in [0.2, 0.25) is 0 Å². The quantitative estimate of drug-likeness (QED) is 0.417. The summed E-state index contributed by atoms with van der Waals surface area (Å²) in [6.07, 6.45) is 1.49. The Morgan fingerprint density at radius 2 is 2.04 bits per heavy atom. The number of nitro groups is 1. The number of nitro benzene ring substituents is 1. The van der Waals surface area contributed by atoms with E-state index in [-0.39, 0.29) is 28.0 Å². The molecule has 8 nitrogen and oxygen atoms in total. The number of non-ortho nitro benzene ring substituents is 1. The Hall–Kier alpha value is -3.07. The van der Waals surface area contributed by atoms with E-state index in [2.05, 4.69) is 26.2 Å². The van der Waals surface area contributed by atoms with E-state index >= 15 is 0 Å². The van der Waals surface area contributed by atoms with Gasteiger partial charge in [-0.2, -0.15) is 0 Å². The number of pyridine rings is 1. The lowest BCUT2D eigenvalue weighted by molar-refractivity contribution is -0.384. The third kappa shape index (κ3) is 3.15. The molecule has 2 heterocycles. The molecule has 0 aliphatic carbocycles. The summed E-state index contributed by atoms with van der Waals surface area (Å²) in [5.74, 6) is -0.464. The Kier molecular flexibility index (Phi) is 4.09. The maximum absolute atomic E-state index is 12.2. The monoisotopic (exact) mass is 389 g/mol. The van der Waals surface area contributed by atoms with Crippen LogP contribution >= 0.6 is 15.9 Å². The zero-order chi connectivity index (χ0) is 17.3. The van der Waals surface area contributed by atoms with Crippen LogP contribution in [0, 0.1) is 10.1 Å². The molecule has 120 valence electrons. The van der Waals surface area contributed by atoms with Crippen LogP contribution in [-0.2, 0) is 0 Å². The fourth-order valence-electron chi connectivity index (χ4n) is 2.02. The molecule has 24 heavy (non-hydrogen) atoms. The number of hydrogen-bond acceptors (Lipinski definition) is 6. The van der Waals surface area contributed by atoms with Crippen LogP contribution in [0.3, 0.4) is 0 Å². The van der Waals surface area contributed by atoms with Crippen molar-refractivity contribution in [2.24, 2.45) is 0 Å². The summed E-state index contributed by atoms with van der Waals surface area (Å²) < 4.78 is 5.77. The molecule has 0 aliphatic heterocycles. The van der Waals surface area contributed by atoms with Gasteiger partial charge in [-0.1, -0.05) is 0 Å². The third-order valence-corrected chi connectivity index (χ3v) is 3.61. The molecule has 3 aromatic rings. The number of hydrogen-bond donors (Lipinski definition) is 1. The molecule has 0 saturated heterocycles. The van der Waals surface area contributed by atoms with E-state index in [0.29, 0.717) is 0 Å². The first-order chi connectivity index (χ1) is 11.4. The van der Waals surface area contributed by atoms with Crippen LogP contribution in [-0.4, -0.2) is 15.8 Å². The summed E-state index contributed by atoms with van der Waals surface area (Å²) in [5.41, 5.74) is -1.13. The van der Waals surface area contributed by atoms with E-state index in [1.807, 2.05) is 0 Å². The van der Waals surface area contributed by atoms with Gasteiger partial charge in [0.1, 0.15) is 17.0 Å². The first-order valence-corrected chi connectivity index (χ1v) is 7.38. The van der Waals surface area contributed by atoms with E-state index in [4.69, 9.17) is 4.42 Å². The van der Waals surface area contributed by atoms with Crippen LogP contribution in [0.4, 0.5) is 11.5 Å². The normalized spacial score (nSPS) is 10.5. The largest absolute Gasteiger partial charge is 0.422 e. The zero-order valence-electron chi connectivity index (χ0n) is 11.9. The average Bonchev–Trinajstić information content (AvgIpc) is 2.55. The van der Waals surface area contributed by atoms with Gasteiger partial charge in [0.25, 0.3) is 11.6 Å². The van der Waals surface area contributed by atoms with Gasteiger partial charge < -0.3 is 9.73 Å². The lowest BCUT2D eigenvalue weighted by Crippen LogP contribution is -2.21. The predicted octanol–water partition coefficient (Wildman–Crippen LogP) is 3.11. The van der Waals surface area contributed by atoms with Crippen molar-refractivity contribution < 1.29 is 14.1 Å². The van der Waals surface area contributed by atoms with E-state index in [0.717, 1.165) is 4.47 Å². The van der Waals surface area contributed by atoms with Gasteiger partial charge in [0.2, 0.25) is 0 Å². The molecular formula is C15H8BrN3O5. The summed E-state index contributed by atoms with van der Waals surface area (Å²) in [7, 11) is 0. The number of benzene rings is 1. The number of carbonyl (C=O) groups excluding carboxylic acids is 1. The fourth-order valence-corrected chi connectivity index (χ4v) is 2.25. The lowest BCUT2D eigenvalue weighted by atomic mass is 10.1. The molecule has 0 unspecified atom stereocenters. The molecular weight excluding hydrogens is 382 g/mol. The van der Waals surface area contributed by atoms with E-state index in [9.17, 15) is 19.7 Å². The van der Waals surface area contributed by atoms with E-state index < -0.39 is 16.5 Å². The maximum atomic E-state index is 12.2. The highest BCUT2D eigenvalue weighted by molar-refractivity contribution is 9.10. The number of fused-ring (bicyclic) bond motifs is 1. The summed E-state index contributed by atoms with van der Waals surface area (Å²) >= 11 is 3.22. The minimum Gasteiger partial charge on any atom is -0.422 e. The number of rotatable bonds is 3. The second-order valence-corrected chi connectivity index (χ2v) is 5.66. The van der Waals surface area contributed by atoms with Gasteiger partial charge in [-0.05, 0) is 40.2 Å². The van der Waals surface area contributed by atoms with Crippen molar-refractivity contribution in [3.63, 3.8) is 0 Å². The molecule has 0 saturated carbocycles. The van der Waals surface area contributed by atoms with Crippen LogP contribution in [0.25, 0.3) is 11.0 Å². The number of nitrogens with zero attached hydrogens (tertiary/aromatic N) is 2. The Morgan fingerprint density at radius 3 is 2.71 bits per heavy atom. The summed E-state index contributed by atoms with van der Waals surface area (Å²) in [6, 6.07) is 8.24. The van der Waals surface area contributed by atoms with E-state index in [1.165, 1.54) is 30.5 Å². The topological polar surface area (TPSA) is 115 Å². The highest BCUT2D eigenvalue weighted by Crippen LogP contribution is 2.20. The second kappa shape index (κ2) is 6.20. The molecule has 9 heteroatoms. The van der Waals surface area contributed by atoms with Crippen molar-refractivity contribution in [1.82, 2.24) is 4.98 Å². The fraction of sp³-hybridized carbons (Fsp3) is 0. The molecule has 2 aromatic heterocycles. The van der Waals surface area contributed by atoms with Crippen molar-refractivity contribution in [1.29, 1.82) is 0 Å². The number of nitrogens with one attached hydrogen (secondary N) is 1. The Morgan fingerprint density at radius 1 is 1.25 bits per heavy atom. The van der Waals surface area contributed by atoms with Crippen LogP contribution < -0.4 is 10.9 Å². The third-order valence-electron chi connectivity index (χ3n) is 3.14. The molecule has 0 fully saturated rings. The van der Waals surface area contributed by atoms with Gasteiger partial charge in [-0.25, -0.2) is 9.78 Å². The van der Waals surface area contributed by atoms with Crippen molar-refractivity contribution in [2.75, 3.05) is 5.32 Å². The smallest absolute Gasteiger partial charge is 0.349 e. The molecule has 1 aromatic carbocycles. The number of halogens is 1. The minimum absolute atomic E-state index is 0.156. The lowest BCUT2D eigenvalue weighted by Gasteiger charge is -2.04. The highest BCUT2D eigenvalue weighted by Gasteiger charge is 2.16. The van der Waals surface area contributed by atoms with Crippen molar-refractivity contribution in [2.45, 2.75) is 0 Å². The molecule has 0 atom stereocenters. The Bertz CT molecular complexity index is 1010. The number of amides is 1. The summed E-state index contributed by atoms with van der Waals surface area (Å²) in [6.45, 7) is 0. The first kappa shape index (κ1) is 15.8. The van der Waals surface area contributed by atoms with Gasteiger partial charge >= 0.3 is 5.63 Å². The molecule has 0 spiro atoms. The number of aromatic nitrogens is 1. The maximum Gasteiger partial charge on any atom is 0.349 e. The number of carbonyl (C=O) groups is 1. The van der Waals surface area contributed by atoms with E-state index in [1.54, 1.807) is 12.1 Å². The van der Waals surface area contributed by atoms with Gasteiger partial charge in [0.05, 0.1) is 4.92 Å². The first-order valence-electron chi connectivity index (χ1n) is 6.59. The van der Waals surface area contributed by atoms with Gasteiger partial charge in [0, 0.05) is 28.2 Å². The summed E-state index contributed by atoms with van der Waals surface area (Å²) in [4.78, 5) is 38.4. The Labute approximate surface area is 142 Å². The average molecular weight is 390 g/mol. The molecule has 0 bridgehead atoms. The molecule has 1 N–H and O–H groups in total. The SMILES string of the molecule is O=C(Nc1ccc(Br)cn1)c1cc2cc([N+](=O)[O-])ccc2oc1=O. The van der Waals surface area contributed by atoms with Gasteiger partial charge in [-0.3, -0.25) is 14.9 Å². The van der Waals surface area contributed by atoms with Crippen LogP contribution in [0.15, 0.2) is 56.3 Å². The van der Waals surface area contributed by atoms with Gasteiger partial charge in [-0.15, -0.1) is 0 Å². The molecule has 3 rings (SSSR count). The summed E-state index contributed by atoms with van der Waals surface area (Å²) in [5, 5.41) is 13.6.